The second kappa shape index (κ2) is 4.48. The predicted molar refractivity (Wildman–Crippen MR) is 69.6 cm³/mol. The third-order valence-electron chi connectivity index (χ3n) is 2.74. The van der Waals surface area contributed by atoms with Crippen LogP contribution in [0.4, 0.5) is 0 Å². The highest BCUT2D eigenvalue weighted by atomic mass is 16.2. The van der Waals surface area contributed by atoms with Gasteiger partial charge in [-0.3, -0.25) is 13.9 Å². The first-order valence-electron chi connectivity index (χ1n) is 5.48. The van der Waals surface area contributed by atoms with Crippen molar-refractivity contribution in [2.24, 2.45) is 7.05 Å². The molecule has 2 rings (SSSR count). The standard InChI is InChI=1S/C12H14N4O2/c1-4-6-15-8-13-10-9(15)11(17)16(7-5-2)12(18)14(10)3/h4-5,8H,1-2,6-7H2,3H3. The molecule has 0 aliphatic heterocycles. The van der Waals surface area contributed by atoms with E-state index in [0.717, 1.165) is 4.57 Å². The van der Waals surface area contributed by atoms with Gasteiger partial charge in [0.2, 0.25) is 0 Å². The van der Waals surface area contributed by atoms with Crippen molar-refractivity contribution in [2.75, 3.05) is 0 Å². The number of aromatic nitrogens is 4. The quantitative estimate of drug-likeness (QED) is 0.727. The third-order valence-corrected chi connectivity index (χ3v) is 2.74. The first-order valence-corrected chi connectivity index (χ1v) is 5.48. The van der Waals surface area contributed by atoms with Crippen LogP contribution in [0.15, 0.2) is 41.2 Å². The fraction of sp³-hybridized carbons (Fsp3) is 0.250. The molecule has 0 bridgehead atoms. The summed E-state index contributed by atoms with van der Waals surface area (Å²) in [6, 6.07) is 0. The fourth-order valence-corrected chi connectivity index (χ4v) is 1.89. The summed E-state index contributed by atoms with van der Waals surface area (Å²) < 4.78 is 4.17. The molecule has 0 saturated carbocycles. The molecule has 94 valence electrons. The van der Waals surface area contributed by atoms with Crippen molar-refractivity contribution in [3.05, 3.63) is 52.5 Å². The molecule has 2 aromatic heterocycles. The van der Waals surface area contributed by atoms with E-state index < -0.39 is 5.69 Å². The van der Waals surface area contributed by atoms with E-state index in [4.69, 9.17) is 0 Å². The van der Waals surface area contributed by atoms with Gasteiger partial charge in [-0.25, -0.2) is 9.78 Å². The Balaban J connectivity index is 2.92. The topological polar surface area (TPSA) is 61.8 Å². The number of aryl methyl sites for hydroxylation is 1. The van der Waals surface area contributed by atoms with E-state index in [0.29, 0.717) is 17.7 Å². The summed E-state index contributed by atoms with van der Waals surface area (Å²) in [5.41, 5.74) is 0.0367. The SMILES string of the molecule is C=CCn1c(=O)c2c(ncn2CC=C)n(C)c1=O. The van der Waals surface area contributed by atoms with Crippen molar-refractivity contribution in [3.8, 4) is 0 Å². The molecule has 0 aliphatic rings. The molecule has 0 aliphatic carbocycles. The Morgan fingerprint density at radius 1 is 1.28 bits per heavy atom. The number of rotatable bonds is 4. The van der Waals surface area contributed by atoms with E-state index >= 15 is 0 Å². The zero-order valence-corrected chi connectivity index (χ0v) is 10.2. The Morgan fingerprint density at radius 2 is 1.94 bits per heavy atom. The van der Waals surface area contributed by atoms with Crippen LogP contribution in [-0.2, 0) is 20.1 Å². The lowest BCUT2D eigenvalue weighted by molar-refractivity contribution is 0.664. The van der Waals surface area contributed by atoms with Crippen LogP contribution < -0.4 is 11.2 Å². The second-order valence-corrected chi connectivity index (χ2v) is 3.90. The van der Waals surface area contributed by atoms with Gasteiger partial charge in [0, 0.05) is 20.1 Å². The predicted octanol–water partition coefficient (Wildman–Crippen LogP) is 0.269. The molecule has 0 amide bonds. The van der Waals surface area contributed by atoms with Crippen LogP contribution in [0.1, 0.15) is 0 Å². The van der Waals surface area contributed by atoms with Gasteiger partial charge in [-0.15, -0.1) is 13.2 Å². The van der Waals surface area contributed by atoms with Gasteiger partial charge in [-0.05, 0) is 0 Å². The second-order valence-electron chi connectivity index (χ2n) is 3.90. The number of nitrogens with zero attached hydrogens (tertiary/aromatic N) is 4. The van der Waals surface area contributed by atoms with Gasteiger partial charge >= 0.3 is 5.69 Å². The van der Waals surface area contributed by atoms with E-state index in [2.05, 4.69) is 18.1 Å². The highest BCUT2D eigenvalue weighted by molar-refractivity contribution is 5.70. The Morgan fingerprint density at radius 3 is 2.56 bits per heavy atom. The van der Waals surface area contributed by atoms with Crippen molar-refractivity contribution < 1.29 is 0 Å². The minimum absolute atomic E-state index is 0.181. The van der Waals surface area contributed by atoms with Crippen LogP contribution in [-0.4, -0.2) is 18.7 Å². The minimum Gasteiger partial charge on any atom is -0.321 e. The zero-order chi connectivity index (χ0) is 13.3. The molecule has 2 aromatic rings. The lowest BCUT2D eigenvalue weighted by atomic mass is 10.4. The molecule has 18 heavy (non-hydrogen) atoms. The van der Waals surface area contributed by atoms with Crippen LogP contribution >= 0.6 is 0 Å². The Labute approximate surface area is 103 Å². The third kappa shape index (κ3) is 1.62. The highest BCUT2D eigenvalue weighted by Crippen LogP contribution is 2.05. The number of hydrogen-bond donors (Lipinski definition) is 0. The van der Waals surface area contributed by atoms with E-state index in [1.807, 2.05) is 0 Å². The zero-order valence-electron chi connectivity index (χ0n) is 10.2. The Hall–Kier alpha value is -2.37. The van der Waals surface area contributed by atoms with Crippen LogP contribution in [0, 0.1) is 0 Å². The van der Waals surface area contributed by atoms with Crippen LogP contribution in [0.2, 0.25) is 0 Å². The first-order chi connectivity index (χ1) is 8.61. The van der Waals surface area contributed by atoms with E-state index in [1.54, 1.807) is 17.7 Å². The molecule has 0 spiro atoms. The maximum Gasteiger partial charge on any atom is 0.332 e. The molecule has 0 atom stereocenters. The fourth-order valence-electron chi connectivity index (χ4n) is 1.89. The van der Waals surface area contributed by atoms with Gasteiger partial charge in [-0.1, -0.05) is 12.2 Å². The monoisotopic (exact) mass is 246 g/mol. The Bertz CT molecular complexity index is 733. The van der Waals surface area contributed by atoms with E-state index in [9.17, 15) is 9.59 Å². The average Bonchev–Trinajstić information content (AvgIpc) is 2.76. The molecule has 6 heteroatoms. The van der Waals surface area contributed by atoms with Crippen LogP contribution in [0.25, 0.3) is 11.2 Å². The smallest absolute Gasteiger partial charge is 0.321 e. The maximum absolute atomic E-state index is 12.3. The minimum atomic E-state index is -0.392. The summed E-state index contributed by atoms with van der Waals surface area (Å²) in [5, 5.41) is 0. The van der Waals surface area contributed by atoms with Gasteiger partial charge in [0.25, 0.3) is 5.56 Å². The summed E-state index contributed by atoms with van der Waals surface area (Å²) in [6.45, 7) is 7.83. The normalized spacial score (nSPS) is 10.7. The largest absolute Gasteiger partial charge is 0.332 e. The van der Waals surface area contributed by atoms with Gasteiger partial charge in [0.05, 0.1) is 6.33 Å². The molecule has 0 radical (unpaired) electrons. The van der Waals surface area contributed by atoms with Crippen LogP contribution in [0.3, 0.4) is 0 Å². The highest BCUT2D eigenvalue weighted by Gasteiger charge is 2.14. The summed E-state index contributed by atoms with van der Waals surface area (Å²) in [7, 11) is 1.59. The van der Waals surface area contributed by atoms with E-state index in [-0.39, 0.29) is 12.1 Å². The molecule has 2 heterocycles. The van der Waals surface area contributed by atoms with Gasteiger partial charge in [0.1, 0.15) is 0 Å². The molecular weight excluding hydrogens is 232 g/mol. The number of hydrogen-bond acceptors (Lipinski definition) is 3. The molecular formula is C12H14N4O2. The van der Waals surface area contributed by atoms with Crippen molar-refractivity contribution in [1.29, 1.82) is 0 Å². The summed E-state index contributed by atoms with van der Waals surface area (Å²) in [4.78, 5) is 28.3. The molecule has 0 N–H and O–H groups in total. The summed E-state index contributed by atoms with van der Waals surface area (Å²) in [6.07, 6.45) is 4.72. The number of fused-ring (bicyclic) bond motifs is 1. The molecule has 0 unspecified atom stereocenters. The summed E-state index contributed by atoms with van der Waals surface area (Å²) >= 11 is 0. The van der Waals surface area contributed by atoms with Crippen LogP contribution in [0.5, 0.6) is 0 Å². The average molecular weight is 246 g/mol. The maximum atomic E-state index is 12.3. The van der Waals surface area contributed by atoms with Gasteiger partial charge in [-0.2, -0.15) is 0 Å². The van der Waals surface area contributed by atoms with Gasteiger partial charge < -0.3 is 4.57 Å². The number of imidazole rings is 1. The van der Waals surface area contributed by atoms with Crippen molar-refractivity contribution >= 4 is 11.2 Å². The van der Waals surface area contributed by atoms with Crippen molar-refractivity contribution in [2.45, 2.75) is 13.1 Å². The van der Waals surface area contributed by atoms with E-state index in [1.165, 1.54) is 17.0 Å². The molecule has 0 fully saturated rings. The Kier molecular flexibility index (Phi) is 3.01. The molecule has 6 nitrogen and oxygen atoms in total. The van der Waals surface area contributed by atoms with Crippen molar-refractivity contribution in [3.63, 3.8) is 0 Å². The summed E-state index contributed by atoms with van der Waals surface area (Å²) in [5.74, 6) is 0. The lowest BCUT2D eigenvalue weighted by Crippen LogP contribution is -2.39. The van der Waals surface area contributed by atoms with Crippen molar-refractivity contribution in [1.82, 2.24) is 18.7 Å². The van der Waals surface area contributed by atoms with Gasteiger partial charge in [0.15, 0.2) is 11.2 Å². The number of allylic oxidation sites excluding steroid dienone is 2. The first kappa shape index (κ1) is 12.1. The molecule has 0 saturated heterocycles. The lowest BCUT2D eigenvalue weighted by Gasteiger charge is -2.06. The molecule has 0 aromatic carbocycles.